The first-order valence-electron chi connectivity index (χ1n) is 5.72. The van der Waals surface area contributed by atoms with Crippen molar-refractivity contribution in [2.45, 2.75) is 45.8 Å². The summed E-state index contributed by atoms with van der Waals surface area (Å²) in [5.41, 5.74) is 0.0852. The van der Waals surface area contributed by atoms with Gasteiger partial charge in [-0.3, -0.25) is 4.79 Å². The minimum absolute atomic E-state index is 0.0852. The van der Waals surface area contributed by atoms with E-state index in [1.54, 1.807) is 0 Å². The van der Waals surface area contributed by atoms with Crippen LogP contribution in [0, 0.1) is 5.41 Å². The Kier molecular flexibility index (Phi) is 4.33. The fourth-order valence-electron chi connectivity index (χ4n) is 1.58. The molecule has 0 N–H and O–H groups in total. The van der Waals surface area contributed by atoms with Crippen molar-refractivity contribution in [3.05, 3.63) is 0 Å². The Balaban J connectivity index is 2.29. The molecular weight excluding hydrogens is 208 g/mol. The molecule has 0 aliphatic carbocycles. The van der Waals surface area contributed by atoms with Gasteiger partial charge in [-0.15, -0.1) is 0 Å². The molecule has 1 aliphatic rings. The summed E-state index contributed by atoms with van der Waals surface area (Å²) in [6.07, 6.45) is 1.87. The molecule has 0 atom stereocenters. The summed E-state index contributed by atoms with van der Waals surface area (Å²) < 4.78 is 16.0. The van der Waals surface area contributed by atoms with E-state index in [4.69, 9.17) is 9.47 Å². The largest absolute Gasteiger partial charge is 0.469 e. The molecule has 0 radical (unpaired) electrons. The van der Waals surface area contributed by atoms with E-state index in [-0.39, 0.29) is 11.4 Å². The Morgan fingerprint density at radius 1 is 1.25 bits per heavy atom. The number of methoxy groups -OCH3 is 1. The average molecular weight is 230 g/mol. The van der Waals surface area contributed by atoms with E-state index >= 15 is 0 Å². The molecule has 94 valence electrons. The third kappa shape index (κ3) is 4.10. The summed E-state index contributed by atoms with van der Waals surface area (Å²) >= 11 is 0. The second kappa shape index (κ2) is 5.15. The highest BCUT2D eigenvalue weighted by molar-refractivity contribution is 5.68. The van der Waals surface area contributed by atoms with Crippen molar-refractivity contribution in [1.29, 1.82) is 0 Å². The maximum Gasteiger partial charge on any atom is 0.305 e. The Bertz CT molecular complexity index is 237. The molecule has 0 aromatic carbocycles. The minimum atomic E-state index is -0.538. The van der Waals surface area contributed by atoms with E-state index in [1.165, 1.54) is 7.11 Å². The van der Waals surface area contributed by atoms with Crippen LogP contribution in [-0.2, 0) is 19.0 Å². The first-order chi connectivity index (χ1) is 7.37. The minimum Gasteiger partial charge on any atom is -0.469 e. The normalized spacial score (nSPS) is 22.8. The molecule has 4 nitrogen and oxygen atoms in total. The summed E-state index contributed by atoms with van der Waals surface area (Å²) in [5, 5.41) is 0. The van der Waals surface area contributed by atoms with Crippen molar-refractivity contribution < 1.29 is 19.0 Å². The molecule has 0 aromatic rings. The Morgan fingerprint density at radius 3 is 2.31 bits per heavy atom. The van der Waals surface area contributed by atoms with Gasteiger partial charge in [0.25, 0.3) is 0 Å². The first-order valence-corrected chi connectivity index (χ1v) is 5.72. The van der Waals surface area contributed by atoms with Gasteiger partial charge in [-0.1, -0.05) is 13.8 Å². The molecule has 4 heteroatoms. The monoisotopic (exact) mass is 230 g/mol. The van der Waals surface area contributed by atoms with E-state index < -0.39 is 5.79 Å². The van der Waals surface area contributed by atoms with E-state index in [2.05, 4.69) is 18.6 Å². The van der Waals surface area contributed by atoms with Gasteiger partial charge in [0.2, 0.25) is 0 Å². The quantitative estimate of drug-likeness (QED) is 0.694. The number of carbonyl (C=O) groups excluding carboxylic acids is 1. The zero-order valence-corrected chi connectivity index (χ0v) is 10.7. The molecule has 0 aromatic heterocycles. The fraction of sp³-hybridized carbons (Fsp3) is 0.917. The van der Waals surface area contributed by atoms with Gasteiger partial charge in [-0.25, -0.2) is 0 Å². The molecule has 1 fully saturated rings. The molecule has 16 heavy (non-hydrogen) atoms. The predicted molar refractivity (Wildman–Crippen MR) is 60.0 cm³/mol. The molecule has 0 bridgehead atoms. The number of esters is 1. The van der Waals surface area contributed by atoms with Crippen LogP contribution in [0.25, 0.3) is 0 Å². The Hall–Kier alpha value is -0.610. The lowest BCUT2D eigenvalue weighted by Gasteiger charge is -2.41. The smallest absolute Gasteiger partial charge is 0.305 e. The number of carbonyl (C=O) groups is 1. The van der Waals surface area contributed by atoms with Gasteiger partial charge in [0.1, 0.15) is 0 Å². The lowest BCUT2D eigenvalue weighted by atomic mass is 9.94. The van der Waals surface area contributed by atoms with Crippen molar-refractivity contribution >= 4 is 5.97 Å². The summed E-state index contributed by atoms with van der Waals surface area (Å²) in [4.78, 5) is 11.0. The number of rotatable bonds is 4. The number of hydrogen-bond acceptors (Lipinski definition) is 4. The second-order valence-electron chi connectivity index (χ2n) is 5.31. The molecular formula is C12H22O4. The molecule has 0 amide bonds. The average Bonchev–Trinajstić information content (AvgIpc) is 2.23. The highest BCUT2D eigenvalue weighted by atomic mass is 16.7. The highest BCUT2D eigenvalue weighted by Gasteiger charge is 2.36. The number of ether oxygens (including phenoxy) is 3. The van der Waals surface area contributed by atoms with Gasteiger partial charge in [-0.05, 0) is 13.3 Å². The summed E-state index contributed by atoms with van der Waals surface area (Å²) in [7, 11) is 1.40. The molecule has 0 unspecified atom stereocenters. The van der Waals surface area contributed by atoms with Gasteiger partial charge >= 0.3 is 5.97 Å². The zero-order valence-electron chi connectivity index (χ0n) is 10.7. The summed E-state index contributed by atoms with van der Waals surface area (Å²) in [6.45, 7) is 7.55. The van der Waals surface area contributed by atoms with Crippen LogP contribution in [0.1, 0.15) is 40.0 Å². The molecule has 1 rings (SSSR count). The summed E-state index contributed by atoms with van der Waals surface area (Å²) in [5.74, 6) is -0.719. The van der Waals surface area contributed by atoms with Crippen LogP contribution in [0.3, 0.4) is 0 Å². The van der Waals surface area contributed by atoms with E-state index in [0.717, 1.165) is 12.8 Å². The Labute approximate surface area is 97.2 Å². The highest BCUT2D eigenvalue weighted by Crippen LogP contribution is 2.32. The summed E-state index contributed by atoms with van der Waals surface area (Å²) in [6, 6.07) is 0. The van der Waals surface area contributed by atoms with Crippen LogP contribution in [0.2, 0.25) is 0 Å². The van der Waals surface area contributed by atoms with Crippen LogP contribution in [-0.4, -0.2) is 32.1 Å². The lowest BCUT2D eigenvalue weighted by Crippen LogP contribution is -2.45. The maximum absolute atomic E-state index is 11.0. The van der Waals surface area contributed by atoms with Crippen molar-refractivity contribution in [3.8, 4) is 0 Å². The molecule has 0 saturated carbocycles. The van der Waals surface area contributed by atoms with Crippen molar-refractivity contribution in [3.63, 3.8) is 0 Å². The molecule has 1 heterocycles. The SMILES string of the molecule is COC(=O)CCCC1(C)OCC(C)(C)CO1. The van der Waals surface area contributed by atoms with Crippen molar-refractivity contribution in [1.82, 2.24) is 0 Å². The van der Waals surface area contributed by atoms with E-state index in [9.17, 15) is 4.79 Å². The van der Waals surface area contributed by atoms with Crippen LogP contribution in [0.4, 0.5) is 0 Å². The molecule has 1 saturated heterocycles. The first kappa shape index (κ1) is 13.5. The van der Waals surface area contributed by atoms with E-state index in [0.29, 0.717) is 19.6 Å². The van der Waals surface area contributed by atoms with Crippen molar-refractivity contribution in [2.75, 3.05) is 20.3 Å². The third-order valence-electron chi connectivity index (χ3n) is 2.78. The zero-order chi connectivity index (χ0) is 12.2. The number of hydrogen-bond donors (Lipinski definition) is 0. The van der Waals surface area contributed by atoms with Gasteiger partial charge in [-0.2, -0.15) is 0 Å². The van der Waals surface area contributed by atoms with Crippen LogP contribution >= 0.6 is 0 Å². The standard InChI is InChI=1S/C12H22O4/c1-11(2)8-15-12(3,16-9-11)7-5-6-10(13)14-4/h5-9H2,1-4H3. The maximum atomic E-state index is 11.0. The van der Waals surface area contributed by atoms with Gasteiger partial charge in [0, 0.05) is 18.3 Å². The lowest BCUT2D eigenvalue weighted by molar-refractivity contribution is -0.292. The van der Waals surface area contributed by atoms with Crippen LogP contribution in [0.15, 0.2) is 0 Å². The van der Waals surface area contributed by atoms with Crippen LogP contribution in [0.5, 0.6) is 0 Å². The van der Waals surface area contributed by atoms with Crippen molar-refractivity contribution in [2.24, 2.45) is 5.41 Å². The fourth-order valence-corrected chi connectivity index (χ4v) is 1.58. The molecule has 1 aliphatic heterocycles. The third-order valence-corrected chi connectivity index (χ3v) is 2.78. The van der Waals surface area contributed by atoms with E-state index in [1.807, 2.05) is 6.92 Å². The van der Waals surface area contributed by atoms with Gasteiger partial charge < -0.3 is 14.2 Å². The van der Waals surface area contributed by atoms with Crippen LogP contribution < -0.4 is 0 Å². The predicted octanol–water partition coefficient (Wildman–Crippen LogP) is 2.12. The van der Waals surface area contributed by atoms with Gasteiger partial charge in [0.15, 0.2) is 5.79 Å². The second-order valence-corrected chi connectivity index (χ2v) is 5.31. The Morgan fingerprint density at radius 2 is 1.81 bits per heavy atom. The topological polar surface area (TPSA) is 44.8 Å². The van der Waals surface area contributed by atoms with Gasteiger partial charge in [0.05, 0.1) is 20.3 Å². The molecule has 0 spiro atoms.